The van der Waals surface area contributed by atoms with Gasteiger partial charge in [0.2, 0.25) is 0 Å². The molecule has 0 aromatic heterocycles. The molecule has 2 aromatic rings. The van der Waals surface area contributed by atoms with Crippen molar-refractivity contribution in [1.82, 2.24) is 0 Å². The molecule has 1 heterocycles. The molecule has 0 radical (unpaired) electrons. The van der Waals surface area contributed by atoms with E-state index in [0.717, 1.165) is 27.0 Å². The van der Waals surface area contributed by atoms with Crippen LogP contribution in [0.5, 0.6) is 0 Å². The molecular formula is C21H24BrClN2OSi. The van der Waals surface area contributed by atoms with Crippen LogP contribution in [0.2, 0.25) is 23.2 Å². The van der Waals surface area contributed by atoms with E-state index in [4.69, 9.17) is 26.0 Å². The highest BCUT2D eigenvalue weighted by Crippen LogP contribution is 2.38. The zero-order chi connectivity index (χ0) is 19.8. The molecule has 142 valence electrons. The molecule has 0 unspecified atom stereocenters. The Morgan fingerprint density at radius 1 is 1.07 bits per heavy atom. The summed E-state index contributed by atoms with van der Waals surface area (Å²) in [4.78, 5) is 9.70. The number of hydrogen-bond acceptors (Lipinski definition) is 3. The minimum absolute atomic E-state index is 0.0969. The van der Waals surface area contributed by atoms with Crippen LogP contribution in [0.3, 0.4) is 0 Å². The van der Waals surface area contributed by atoms with E-state index in [0.29, 0.717) is 17.5 Å². The van der Waals surface area contributed by atoms with Gasteiger partial charge in [-0.15, -0.1) is 0 Å². The Hall–Kier alpha value is -1.43. The predicted octanol–water partition coefficient (Wildman–Crippen LogP) is 7.01. The Kier molecular flexibility index (Phi) is 5.66. The summed E-state index contributed by atoms with van der Waals surface area (Å²) in [5.41, 5.74) is 3.55. The van der Waals surface area contributed by atoms with Crippen LogP contribution in [0.25, 0.3) is 0 Å². The predicted molar refractivity (Wildman–Crippen MR) is 121 cm³/mol. The molecule has 0 bridgehead atoms. The van der Waals surface area contributed by atoms with Gasteiger partial charge in [-0.3, -0.25) is 4.99 Å². The lowest BCUT2D eigenvalue weighted by atomic mass is 10.0. The molecule has 3 rings (SSSR count). The van der Waals surface area contributed by atoms with Crippen LogP contribution in [-0.2, 0) is 4.43 Å². The number of fused-ring (bicyclic) bond motifs is 1. The standard InChI is InChI=1S/C21H24BrClN2OSi/c1-21(2,3)27(4,5)26-19-13-24-20(15-8-6-7-9-17(15)23)16-12-14(22)10-11-18(16)25-19/h6-12H,13H2,1-5H3. The third-order valence-electron chi connectivity index (χ3n) is 5.14. The number of aliphatic imine (C=N–C) groups is 2. The second-order valence-corrected chi connectivity index (χ2v) is 14.2. The van der Waals surface area contributed by atoms with E-state index in [2.05, 4.69) is 49.8 Å². The summed E-state index contributed by atoms with van der Waals surface area (Å²) in [6.07, 6.45) is 0. The van der Waals surface area contributed by atoms with Gasteiger partial charge >= 0.3 is 0 Å². The van der Waals surface area contributed by atoms with Crippen molar-refractivity contribution >= 4 is 53.1 Å². The van der Waals surface area contributed by atoms with Crippen LogP contribution in [0.1, 0.15) is 31.9 Å². The molecule has 27 heavy (non-hydrogen) atoms. The first kappa shape index (κ1) is 20.3. The molecule has 1 aliphatic heterocycles. The first-order valence-corrected chi connectivity index (χ1v) is 13.0. The fourth-order valence-electron chi connectivity index (χ4n) is 2.58. The van der Waals surface area contributed by atoms with E-state index < -0.39 is 8.32 Å². The first-order chi connectivity index (χ1) is 12.6. The highest BCUT2D eigenvalue weighted by atomic mass is 79.9. The SMILES string of the molecule is CC(C)(C)[Si](C)(C)OC1=Nc2ccc(Br)cc2C(c2ccccc2Cl)=NC1. The van der Waals surface area contributed by atoms with Gasteiger partial charge in [0.1, 0.15) is 6.54 Å². The van der Waals surface area contributed by atoms with Gasteiger partial charge in [0.25, 0.3) is 8.32 Å². The topological polar surface area (TPSA) is 34.0 Å². The van der Waals surface area contributed by atoms with Crippen molar-refractivity contribution in [1.29, 1.82) is 0 Å². The van der Waals surface area contributed by atoms with Crippen LogP contribution >= 0.6 is 27.5 Å². The van der Waals surface area contributed by atoms with E-state index in [-0.39, 0.29) is 5.04 Å². The summed E-state index contributed by atoms with van der Waals surface area (Å²) >= 11 is 10.0. The van der Waals surface area contributed by atoms with Crippen LogP contribution in [0, 0.1) is 0 Å². The first-order valence-electron chi connectivity index (χ1n) is 8.94. The van der Waals surface area contributed by atoms with E-state index in [1.165, 1.54) is 0 Å². The average Bonchev–Trinajstić information content (AvgIpc) is 2.73. The number of benzene rings is 2. The zero-order valence-corrected chi connectivity index (χ0v) is 19.6. The minimum Gasteiger partial charge on any atom is -0.532 e. The molecule has 0 saturated carbocycles. The van der Waals surface area contributed by atoms with Crippen molar-refractivity contribution in [2.75, 3.05) is 6.54 Å². The molecule has 0 saturated heterocycles. The van der Waals surface area contributed by atoms with Crippen molar-refractivity contribution in [2.45, 2.75) is 38.9 Å². The molecular weight excluding hydrogens is 440 g/mol. The van der Waals surface area contributed by atoms with Gasteiger partial charge in [-0.1, -0.05) is 66.5 Å². The second-order valence-electron chi connectivity index (χ2n) is 8.17. The monoisotopic (exact) mass is 462 g/mol. The third-order valence-corrected chi connectivity index (χ3v) is 10.3. The van der Waals surface area contributed by atoms with E-state index in [1.807, 2.05) is 42.5 Å². The highest BCUT2D eigenvalue weighted by molar-refractivity contribution is 9.10. The lowest BCUT2D eigenvalue weighted by Gasteiger charge is -2.36. The van der Waals surface area contributed by atoms with Gasteiger partial charge < -0.3 is 4.43 Å². The van der Waals surface area contributed by atoms with E-state index >= 15 is 0 Å². The van der Waals surface area contributed by atoms with Gasteiger partial charge in [-0.2, -0.15) is 0 Å². The van der Waals surface area contributed by atoms with Crippen molar-refractivity contribution in [3.05, 3.63) is 63.1 Å². The van der Waals surface area contributed by atoms with Gasteiger partial charge in [0.15, 0.2) is 5.90 Å². The second kappa shape index (κ2) is 7.53. The molecule has 6 heteroatoms. The van der Waals surface area contributed by atoms with E-state index in [1.54, 1.807) is 0 Å². The molecule has 1 aliphatic rings. The highest BCUT2D eigenvalue weighted by Gasteiger charge is 2.40. The van der Waals surface area contributed by atoms with Crippen LogP contribution in [0.4, 0.5) is 5.69 Å². The largest absolute Gasteiger partial charge is 0.532 e. The molecule has 0 atom stereocenters. The Labute approximate surface area is 175 Å². The summed E-state index contributed by atoms with van der Waals surface area (Å²) in [6.45, 7) is 11.5. The maximum absolute atomic E-state index is 6.47. The Bertz CT molecular complexity index is 932. The van der Waals surface area contributed by atoms with Crippen LogP contribution in [0.15, 0.2) is 56.9 Å². The Morgan fingerprint density at radius 3 is 2.44 bits per heavy atom. The van der Waals surface area contributed by atoms with Gasteiger partial charge in [0, 0.05) is 20.6 Å². The minimum atomic E-state index is -1.99. The molecule has 0 spiro atoms. The van der Waals surface area contributed by atoms with Gasteiger partial charge in [0.05, 0.1) is 11.4 Å². The van der Waals surface area contributed by atoms with Crippen molar-refractivity contribution in [2.24, 2.45) is 9.98 Å². The number of rotatable bonds is 2. The summed E-state index contributed by atoms with van der Waals surface area (Å²) in [7, 11) is -1.99. The van der Waals surface area contributed by atoms with Gasteiger partial charge in [-0.05, 0) is 42.4 Å². The number of hydrogen-bond donors (Lipinski definition) is 0. The third kappa shape index (κ3) is 4.36. The van der Waals surface area contributed by atoms with Gasteiger partial charge in [-0.25, -0.2) is 4.99 Å². The quantitative estimate of drug-likeness (QED) is 0.441. The zero-order valence-electron chi connectivity index (χ0n) is 16.3. The van der Waals surface area contributed by atoms with Crippen molar-refractivity contribution in [3.8, 4) is 0 Å². The Morgan fingerprint density at radius 2 is 1.78 bits per heavy atom. The summed E-state index contributed by atoms with van der Waals surface area (Å²) in [5, 5.41) is 0.774. The molecule has 3 nitrogen and oxygen atoms in total. The summed E-state index contributed by atoms with van der Waals surface area (Å²) in [5.74, 6) is 0.673. The number of halogens is 2. The summed E-state index contributed by atoms with van der Waals surface area (Å²) in [6, 6.07) is 13.8. The van der Waals surface area contributed by atoms with Crippen molar-refractivity contribution in [3.63, 3.8) is 0 Å². The lowest BCUT2D eigenvalue weighted by molar-refractivity contribution is 0.479. The normalized spacial score (nSPS) is 14.8. The smallest absolute Gasteiger partial charge is 0.252 e. The van der Waals surface area contributed by atoms with Crippen LogP contribution in [-0.4, -0.2) is 26.5 Å². The fourth-order valence-corrected chi connectivity index (χ4v) is 4.17. The van der Waals surface area contributed by atoms with Crippen LogP contribution < -0.4 is 0 Å². The molecule has 0 amide bonds. The molecule has 0 fully saturated rings. The number of nitrogens with zero attached hydrogens (tertiary/aromatic N) is 2. The maximum Gasteiger partial charge on any atom is 0.252 e. The van der Waals surface area contributed by atoms with E-state index in [9.17, 15) is 0 Å². The fraction of sp³-hybridized carbons (Fsp3) is 0.333. The molecule has 0 aliphatic carbocycles. The average molecular weight is 464 g/mol. The van der Waals surface area contributed by atoms with Crippen molar-refractivity contribution < 1.29 is 4.43 Å². The lowest BCUT2D eigenvalue weighted by Crippen LogP contribution is -2.43. The molecule has 0 N–H and O–H groups in total. The molecule has 2 aromatic carbocycles. The Balaban J connectivity index is 2.09. The maximum atomic E-state index is 6.47. The summed E-state index contributed by atoms with van der Waals surface area (Å²) < 4.78 is 7.44.